The highest BCUT2D eigenvalue weighted by molar-refractivity contribution is 9.10. The second-order valence-electron chi connectivity index (χ2n) is 7.25. The van der Waals surface area contributed by atoms with Crippen LogP contribution in [0.2, 0.25) is 0 Å². The zero-order valence-electron chi connectivity index (χ0n) is 15.6. The maximum atomic E-state index is 12.6. The topological polar surface area (TPSA) is 45.5 Å². The summed E-state index contributed by atoms with van der Waals surface area (Å²) in [5, 5.41) is 11.7. The zero-order chi connectivity index (χ0) is 19.1. The Bertz CT molecular complexity index is 1020. The second kappa shape index (κ2) is 7.13. The standard InChI is InChI=1S/C22H23BrN2O2/c1-14-20(15(2)26)21-17(13-24-10-6-7-11-24)22(27)18(23)12-19(21)25(14)16-8-4-3-5-9-16/h3-5,8-9,12,27H,6-7,10-11,13H2,1-2H3. The number of ketones is 1. The minimum atomic E-state index is 0.0246. The number of aromatic nitrogens is 1. The van der Waals surface area contributed by atoms with Gasteiger partial charge in [0.05, 0.1) is 9.99 Å². The van der Waals surface area contributed by atoms with E-state index in [0.717, 1.165) is 40.9 Å². The van der Waals surface area contributed by atoms with Crippen LogP contribution in [0.1, 0.15) is 41.4 Å². The van der Waals surface area contributed by atoms with Crippen molar-refractivity contribution in [2.24, 2.45) is 0 Å². The van der Waals surface area contributed by atoms with Crippen molar-refractivity contribution in [1.29, 1.82) is 0 Å². The average Bonchev–Trinajstić information content (AvgIpc) is 3.25. The minimum absolute atomic E-state index is 0.0246. The summed E-state index contributed by atoms with van der Waals surface area (Å²) in [6, 6.07) is 12.0. The molecule has 27 heavy (non-hydrogen) atoms. The molecule has 2 aromatic carbocycles. The molecule has 0 spiro atoms. The summed E-state index contributed by atoms with van der Waals surface area (Å²) in [6.07, 6.45) is 2.36. The number of para-hydroxylation sites is 1. The van der Waals surface area contributed by atoms with Crippen LogP contribution >= 0.6 is 15.9 Å². The lowest BCUT2D eigenvalue weighted by Crippen LogP contribution is -2.19. The molecule has 1 saturated heterocycles. The Morgan fingerprint density at radius 3 is 2.48 bits per heavy atom. The summed E-state index contributed by atoms with van der Waals surface area (Å²) < 4.78 is 2.78. The van der Waals surface area contributed by atoms with Crippen LogP contribution in [0.3, 0.4) is 0 Å². The number of halogens is 1. The summed E-state index contributed by atoms with van der Waals surface area (Å²) in [5.74, 6) is 0.263. The molecule has 4 rings (SSSR count). The van der Waals surface area contributed by atoms with Gasteiger partial charge in [0.25, 0.3) is 0 Å². The molecule has 0 radical (unpaired) electrons. The molecule has 1 N–H and O–H groups in total. The van der Waals surface area contributed by atoms with E-state index in [1.807, 2.05) is 43.3 Å². The van der Waals surface area contributed by atoms with Crippen LogP contribution in [0.15, 0.2) is 40.9 Å². The van der Waals surface area contributed by atoms with E-state index in [9.17, 15) is 9.90 Å². The Morgan fingerprint density at radius 1 is 1.19 bits per heavy atom. The molecular weight excluding hydrogens is 404 g/mol. The monoisotopic (exact) mass is 426 g/mol. The van der Waals surface area contributed by atoms with E-state index < -0.39 is 0 Å². The van der Waals surface area contributed by atoms with Crippen LogP contribution in [-0.4, -0.2) is 33.4 Å². The van der Waals surface area contributed by atoms with Gasteiger partial charge in [0, 0.05) is 34.4 Å². The van der Waals surface area contributed by atoms with Crippen molar-refractivity contribution in [2.45, 2.75) is 33.2 Å². The first kappa shape index (κ1) is 18.3. The van der Waals surface area contributed by atoms with Crippen LogP contribution in [0.5, 0.6) is 5.75 Å². The van der Waals surface area contributed by atoms with Crippen molar-refractivity contribution in [3.63, 3.8) is 0 Å². The molecule has 1 fully saturated rings. The number of rotatable bonds is 4. The Kier molecular flexibility index (Phi) is 4.82. The molecule has 2 heterocycles. The first-order valence-corrected chi connectivity index (χ1v) is 10.1. The highest BCUT2D eigenvalue weighted by atomic mass is 79.9. The summed E-state index contributed by atoms with van der Waals surface area (Å²) in [4.78, 5) is 14.9. The highest BCUT2D eigenvalue weighted by Gasteiger charge is 2.26. The molecule has 0 unspecified atom stereocenters. The van der Waals surface area contributed by atoms with Crippen molar-refractivity contribution in [2.75, 3.05) is 13.1 Å². The quantitative estimate of drug-likeness (QED) is 0.582. The molecular formula is C22H23BrN2O2. The SMILES string of the molecule is CC(=O)c1c(C)n(-c2ccccc2)c2cc(Br)c(O)c(CN3CCCC3)c12. The summed E-state index contributed by atoms with van der Waals surface area (Å²) in [7, 11) is 0. The number of hydrogen-bond acceptors (Lipinski definition) is 3. The number of benzene rings is 2. The number of phenolic OH excluding ortho intramolecular Hbond substituents is 1. The number of carbonyl (C=O) groups is 1. The van der Waals surface area contributed by atoms with E-state index in [0.29, 0.717) is 16.6 Å². The predicted molar refractivity (Wildman–Crippen MR) is 112 cm³/mol. The molecule has 140 valence electrons. The number of carbonyl (C=O) groups excluding carboxylic acids is 1. The number of likely N-dealkylation sites (tertiary alicyclic amines) is 1. The lowest BCUT2D eigenvalue weighted by atomic mass is 10.0. The maximum Gasteiger partial charge on any atom is 0.162 e. The Hall–Kier alpha value is -2.11. The van der Waals surface area contributed by atoms with Crippen molar-refractivity contribution < 1.29 is 9.90 Å². The summed E-state index contributed by atoms with van der Waals surface area (Å²) in [6.45, 7) is 6.30. The van der Waals surface area contributed by atoms with Gasteiger partial charge < -0.3 is 9.67 Å². The third kappa shape index (κ3) is 3.09. The number of fused-ring (bicyclic) bond motifs is 1. The van der Waals surface area contributed by atoms with Crippen LogP contribution in [0.25, 0.3) is 16.6 Å². The number of hydrogen-bond donors (Lipinski definition) is 1. The molecule has 4 nitrogen and oxygen atoms in total. The molecule has 0 atom stereocenters. The number of aromatic hydroxyl groups is 1. The molecule has 5 heteroatoms. The van der Waals surface area contributed by atoms with E-state index in [4.69, 9.17) is 0 Å². The molecule has 0 amide bonds. The fourth-order valence-electron chi connectivity index (χ4n) is 4.27. The summed E-state index contributed by atoms with van der Waals surface area (Å²) in [5.41, 5.74) is 4.40. The van der Waals surface area contributed by atoms with Crippen LogP contribution in [0, 0.1) is 6.92 Å². The van der Waals surface area contributed by atoms with Crippen molar-refractivity contribution in [3.8, 4) is 11.4 Å². The first-order chi connectivity index (χ1) is 13.0. The molecule has 1 aromatic heterocycles. The average molecular weight is 427 g/mol. The van der Waals surface area contributed by atoms with Gasteiger partial charge in [0.15, 0.2) is 5.78 Å². The largest absolute Gasteiger partial charge is 0.506 e. The minimum Gasteiger partial charge on any atom is -0.506 e. The fraction of sp³-hybridized carbons (Fsp3) is 0.318. The van der Waals surface area contributed by atoms with Crippen LogP contribution in [-0.2, 0) is 6.54 Å². The molecule has 1 aliphatic heterocycles. The lowest BCUT2D eigenvalue weighted by molar-refractivity contribution is 0.101. The van der Waals surface area contributed by atoms with Crippen LogP contribution < -0.4 is 0 Å². The molecule has 0 bridgehead atoms. The predicted octanol–water partition coefficient (Wildman–Crippen LogP) is 5.21. The van der Waals surface area contributed by atoms with Gasteiger partial charge in [-0.25, -0.2) is 0 Å². The van der Waals surface area contributed by atoms with Gasteiger partial charge in [-0.15, -0.1) is 0 Å². The second-order valence-corrected chi connectivity index (χ2v) is 8.10. The van der Waals surface area contributed by atoms with E-state index in [1.54, 1.807) is 6.92 Å². The maximum absolute atomic E-state index is 12.6. The fourth-order valence-corrected chi connectivity index (χ4v) is 4.72. The molecule has 0 saturated carbocycles. The Balaban J connectivity index is 2.05. The van der Waals surface area contributed by atoms with E-state index >= 15 is 0 Å². The van der Waals surface area contributed by atoms with Gasteiger partial charge in [-0.2, -0.15) is 0 Å². The van der Waals surface area contributed by atoms with Gasteiger partial charge in [0.2, 0.25) is 0 Å². The van der Waals surface area contributed by atoms with E-state index in [2.05, 4.69) is 25.4 Å². The van der Waals surface area contributed by atoms with Gasteiger partial charge in [-0.05, 0) is 73.9 Å². The molecule has 1 aliphatic rings. The Labute approximate surface area is 167 Å². The third-order valence-corrected chi connectivity index (χ3v) is 6.07. The van der Waals surface area contributed by atoms with Gasteiger partial charge in [0.1, 0.15) is 5.75 Å². The van der Waals surface area contributed by atoms with E-state index in [-0.39, 0.29) is 11.5 Å². The smallest absolute Gasteiger partial charge is 0.162 e. The van der Waals surface area contributed by atoms with Gasteiger partial charge >= 0.3 is 0 Å². The highest BCUT2D eigenvalue weighted by Crippen LogP contribution is 2.41. The number of Topliss-reactive ketones (excluding diaryl/α,β-unsaturated/α-hetero) is 1. The first-order valence-electron chi connectivity index (χ1n) is 9.33. The lowest BCUT2D eigenvalue weighted by Gasteiger charge is -2.18. The van der Waals surface area contributed by atoms with Crippen molar-refractivity contribution >= 4 is 32.6 Å². The Morgan fingerprint density at radius 2 is 1.85 bits per heavy atom. The zero-order valence-corrected chi connectivity index (χ0v) is 17.2. The normalized spacial score (nSPS) is 14.9. The number of phenols is 1. The van der Waals surface area contributed by atoms with Crippen molar-refractivity contribution in [1.82, 2.24) is 9.47 Å². The summed E-state index contributed by atoms with van der Waals surface area (Å²) >= 11 is 3.53. The van der Waals surface area contributed by atoms with Crippen molar-refractivity contribution in [3.05, 3.63) is 57.7 Å². The van der Waals surface area contributed by atoms with Gasteiger partial charge in [-0.1, -0.05) is 18.2 Å². The number of nitrogens with zero attached hydrogens (tertiary/aromatic N) is 2. The van der Waals surface area contributed by atoms with Gasteiger partial charge in [-0.3, -0.25) is 9.69 Å². The van der Waals surface area contributed by atoms with Crippen LogP contribution in [0.4, 0.5) is 0 Å². The molecule has 0 aliphatic carbocycles. The third-order valence-electron chi connectivity index (χ3n) is 5.47. The molecule has 3 aromatic rings. The van der Waals surface area contributed by atoms with E-state index in [1.165, 1.54) is 12.8 Å².